The molecule has 1 amide bonds. The van der Waals surface area contributed by atoms with Crippen LogP contribution in [0, 0.1) is 5.92 Å². The third-order valence-corrected chi connectivity index (χ3v) is 6.39. The van der Waals surface area contributed by atoms with Crippen molar-refractivity contribution in [2.75, 3.05) is 18.1 Å². The Bertz CT molecular complexity index is 733. The molecule has 3 N–H and O–H groups in total. The normalized spacial score (nSPS) is 24.6. The van der Waals surface area contributed by atoms with Crippen molar-refractivity contribution in [3.8, 4) is 0 Å². The molecule has 3 rings (SSSR count). The number of benzene rings is 1. The molecule has 1 aromatic rings. The number of fused-ring (bicyclic) bond motifs is 1. The van der Waals surface area contributed by atoms with Crippen LogP contribution in [0.25, 0.3) is 0 Å². The Morgan fingerprint density at radius 2 is 2.17 bits per heavy atom. The zero-order valence-electron chi connectivity index (χ0n) is 14.0. The second-order valence-corrected chi connectivity index (χ2v) is 8.88. The number of amides is 1. The highest BCUT2D eigenvalue weighted by Gasteiger charge is 2.27. The summed E-state index contributed by atoms with van der Waals surface area (Å²) in [6.45, 7) is 0.817. The summed E-state index contributed by atoms with van der Waals surface area (Å²) in [6.07, 6.45) is 5.42. The Kier molecular flexibility index (Phi) is 4.94. The Labute approximate surface area is 143 Å². The maximum atomic E-state index is 12.4. The zero-order valence-corrected chi connectivity index (χ0v) is 14.8. The van der Waals surface area contributed by atoms with Gasteiger partial charge in [-0.25, -0.2) is 8.42 Å². The predicted octanol–water partition coefficient (Wildman–Crippen LogP) is 1.46. The molecule has 0 bridgehead atoms. The lowest BCUT2D eigenvalue weighted by Crippen LogP contribution is -2.35. The van der Waals surface area contributed by atoms with Gasteiger partial charge in [0.2, 0.25) is 15.9 Å². The van der Waals surface area contributed by atoms with Crippen LogP contribution in [0.2, 0.25) is 0 Å². The van der Waals surface area contributed by atoms with E-state index in [4.69, 9.17) is 5.73 Å². The van der Waals surface area contributed by atoms with E-state index >= 15 is 0 Å². The van der Waals surface area contributed by atoms with Crippen LogP contribution in [0.1, 0.15) is 36.8 Å². The fourth-order valence-corrected chi connectivity index (χ4v) is 4.54. The monoisotopic (exact) mass is 351 g/mol. The van der Waals surface area contributed by atoms with Gasteiger partial charge in [-0.15, -0.1) is 0 Å². The van der Waals surface area contributed by atoms with Gasteiger partial charge in [-0.3, -0.25) is 4.79 Å². The van der Waals surface area contributed by atoms with E-state index in [2.05, 4.69) is 5.32 Å². The first-order valence-electron chi connectivity index (χ1n) is 8.46. The van der Waals surface area contributed by atoms with Crippen LogP contribution in [-0.2, 0) is 27.8 Å². The molecule has 1 heterocycles. The molecule has 2 atom stereocenters. The number of carbonyl (C=O) groups excluding carboxylic acids is 1. The standard InChI is InChI=1S/C17H25N3O3S/c1-24(22,23)20-9-8-14-13(11-20)5-3-7-16(14)19-17(21)10-12-4-2-6-15(12)18/h3,5,7,12,15H,2,4,6,8-11,18H2,1H3,(H,19,21)/t12-,15+/m0/s1. The Hall–Kier alpha value is -1.44. The van der Waals surface area contributed by atoms with Crippen LogP contribution in [0.3, 0.4) is 0 Å². The van der Waals surface area contributed by atoms with E-state index in [0.29, 0.717) is 25.9 Å². The molecule has 1 aliphatic carbocycles. The first kappa shape index (κ1) is 17.4. The number of nitrogens with two attached hydrogens (primary N) is 1. The number of rotatable bonds is 4. The van der Waals surface area contributed by atoms with Crippen molar-refractivity contribution in [3.63, 3.8) is 0 Å². The molecular weight excluding hydrogens is 326 g/mol. The van der Waals surface area contributed by atoms with Crippen molar-refractivity contribution >= 4 is 21.6 Å². The largest absolute Gasteiger partial charge is 0.327 e. The first-order valence-corrected chi connectivity index (χ1v) is 10.3. The summed E-state index contributed by atoms with van der Waals surface area (Å²) in [7, 11) is -3.19. The lowest BCUT2D eigenvalue weighted by atomic mass is 9.97. The first-order chi connectivity index (χ1) is 11.3. The highest BCUT2D eigenvalue weighted by Crippen LogP contribution is 2.29. The van der Waals surface area contributed by atoms with Crippen molar-refractivity contribution in [1.82, 2.24) is 4.31 Å². The van der Waals surface area contributed by atoms with Gasteiger partial charge in [0.1, 0.15) is 0 Å². The smallest absolute Gasteiger partial charge is 0.224 e. The third kappa shape index (κ3) is 3.79. The number of nitrogens with one attached hydrogen (secondary N) is 1. The minimum Gasteiger partial charge on any atom is -0.327 e. The fraction of sp³-hybridized carbons (Fsp3) is 0.588. The quantitative estimate of drug-likeness (QED) is 0.859. The van der Waals surface area contributed by atoms with E-state index in [-0.39, 0.29) is 17.9 Å². The molecule has 24 heavy (non-hydrogen) atoms. The second kappa shape index (κ2) is 6.82. The van der Waals surface area contributed by atoms with E-state index in [1.54, 1.807) is 0 Å². The average Bonchev–Trinajstić information content (AvgIpc) is 2.91. The molecule has 1 aromatic carbocycles. The van der Waals surface area contributed by atoms with Crippen molar-refractivity contribution in [1.29, 1.82) is 0 Å². The number of anilines is 1. The van der Waals surface area contributed by atoms with Gasteiger partial charge in [0.25, 0.3) is 0 Å². The van der Waals surface area contributed by atoms with Gasteiger partial charge in [-0.05, 0) is 42.4 Å². The fourth-order valence-electron chi connectivity index (χ4n) is 3.74. The highest BCUT2D eigenvalue weighted by atomic mass is 32.2. The summed E-state index contributed by atoms with van der Waals surface area (Å²) in [5.74, 6) is 0.265. The lowest BCUT2D eigenvalue weighted by molar-refractivity contribution is -0.117. The molecular formula is C17H25N3O3S. The summed E-state index contributed by atoms with van der Waals surface area (Å²) in [6, 6.07) is 5.81. The zero-order chi connectivity index (χ0) is 17.3. The number of nitrogens with zero attached hydrogens (tertiary/aromatic N) is 1. The van der Waals surface area contributed by atoms with Gasteiger partial charge in [-0.1, -0.05) is 18.6 Å². The molecule has 1 fully saturated rings. The Morgan fingerprint density at radius 1 is 1.38 bits per heavy atom. The topological polar surface area (TPSA) is 92.5 Å². The molecule has 132 valence electrons. The van der Waals surface area contributed by atoms with E-state index in [0.717, 1.165) is 36.1 Å². The molecule has 0 spiro atoms. The minimum absolute atomic E-state index is 0.00343. The van der Waals surface area contributed by atoms with Crippen LogP contribution < -0.4 is 11.1 Å². The molecule has 0 unspecified atom stereocenters. The Morgan fingerprint density at radius 3 is 2.83 bits per heavy atom. The maximum Gasteiger partial charge on any atom is 0.224 e. The molecule has 6 nitrogen and oxygen atoms in total. The summed E-state index contributed by atoms with van der Waals surface area (Å²) in [4.78, 5) is 12.4. The van der Waals surface area contributed by atoms with Gasteiger partial charge in [0, 0.05) is 31.2 Å². The summed E-state index contributed by atoms with van der Waals surface area (Å²) in [5.41, 5.74) is 8.85. The number of hydrogen-bond acceptors (Lipinski definition) is 4. The second-order valence-electron chi connectivity index (χ2n) is 6.90. The van der Waals surface area contributed by atoms with Gasteiger partial charge >= 0.3 is 0 Å². The molecule has 7 heteroatoms. The maximum absolute atomic E-state index is 12.4. The number of carbonyl (C=O) groups is 1. The van der Waals surface area contributed by atoms with Crippen molar-refractivity contribution < 1.29 is 13.2 Å². The van der Waals surface area contributed by atoms with Crippen LogP contribution in [0.5, 0.6) is 0 Å². The van der Waals surface area contributed by atoms with E-state index in [1.807, 2.05) is 18.2 Å². The van der Waals surface area contributed by atoms with Crippen LogP contribution in [0.15, 0.2) is 18.2 Å². The summed E-state index contributed by atoms with van der Waals surface area (Å²) >= 11 is 0. The molecule has 1 aliphatic heterocycles. The molecule has 2 aliphatic rings. The van der Waals surface area contributed by atoms with Crippen LogP contribution >= 0.6 is 0 Å². The van der Waals surface area contributed by atoms with E-state index in [1.165, 1.54) is 10.6 Å². The van der Waals surface area contributed by atoms with Gasteiger partial charge in [-0.2, -0.15) is 4.31 Å². The van der Waals surface area contributed by atoms with Crippen LogP contribution in [-0.4, -0.2) is 37.5 Å². The SMILES string of the molecule is CS(=O)(=O)N1CCc2c(cccc2NC(=O)C[C@@H]2CCC[C@H]2N)C1. The summed E-state index contributed by atoms with van der Waals surface area (Å²) in [5, 5.41) is 3.01. The Balaban J connectivity index is 1.70. The molecule has 1 saturated carbocycles. The lowest BCUT2D eigenvalue weighted by Gasteiger charge is -2.28. The average molecular weight is 351 g/mol. The number of sulfonamides is 1. The molecule has 0 radical (unpaired) electrons. The molecule has 0 saturated heterocycles. The highest BCUT2D eigenvalue weighted by molar-refractivity contribution is 7.88. The predicted molar refractivity (Wildman–Crippen MR) is 94.0 cm³/mol. The van der Waals surface area contributed by atoms with Crippen LogP contribution in [0.4, 0.5) is 5.69 Å². The van der Waals surface area contributed by atoms with Crippen molar-refractivity contribution in [3.05, 3.63) is 29.3 Å². The van der Waals surface area contributed by atoms with E-state index < -0.39 is 10.0 Å². The van der Waals surface area contributed by atoms with Gasteiger partial charge in [0.15, 0.2) is 0 Å². The van der Waals surface area contributed by atoms with E-state index in [9.17, 15) is 13.2 Å². The van der Waals surface area contributed by atoms with Gasteiger partial charge in [0.05, 0.1) is 6.26 Å². The molecule has 0 aromatic heterocycles. The minimum atomic E-state index is -3.19. The van der Waals surface area contributed by atoms with Gasteiger partial charge < -0.3 is 11.1 Å². The third-order valence-electron chi connectivity index (χ3n) is 5.14. The summed E-state index contributed by atoms with van der Waals surface area (Å²) < 4.78 is 24.9. The number of hydrogen-bond donors (Lipinski definition) is 2. The van der Waals surface area contributed by atoms with Crippen molar-refractivity contribution in [2.24, 2.45) is 11.7 Å². The van der Waals surface area contributed by atoms with Crippen molar-refractivity contribution in [2.45, 2.75) is 44.7 Å².